The first-order chi connectivity index (χ1) is 9.79. The van der Waals surface area contributed by atoms with E-state index >= 15 is 0 Å². The van der Waals surface area contributed by atoms with Crippen molar-refractivity contribution in [2.45, 2.75) is 58.3 Å². The van der Waals surface area contributed by atoms with Crippen molar-refractivity contribution in [3.63, 3.8) is 0 Å². The number of carbonyl (C=O) groups excluding carboxylic acids is 1. The van der Waals surface area contributed by atoms with Gasteiger partial charge < -0.3 is 5.32 Å². The highest BCUT2D eigenvalue weighted by Gasteiger charge is 2.37. The molecule has 0 radical (unpaired) electrons. The van der Waals surface area contributed by atoms with Gasteiger partial charge in [0.05, 0.1) is 5.69 Å². The molecule has 1 N–H and O–H groups in total. The van der Waals surface area contributed by atoms with Crippen LogP contribution in [0.4, 0.5) is 13.2 Å². The zero-order valence-electron chi connectivity index (χ0n) is 12.1. The Morgan fingerprint density at radius 2 is 2.05 bits per heavy atom. The Kier molecular flexibility index (Phi) is 4.53. The molecule has 1 aliphatic carbocycles. The number of hydrogen-bond acceptors (Lipinski definition) is 3. The number of nitrogens with one attached hydrogen (secondary N) is 1. The molecule has 0 saturated heterocycles. The Morgan fingerprint density at radius 3 is 2.62 bits per heavy atom. The van der Waals surface area contributed by atoms with Gasteiger partial charge >= 0.3 is 6.18 Å². The van der Waals surface area contributed by atoms with Crippen molar-refractivity contribution in [3.05, 3.63) is 11.4 Å². The second-order valence-corrected chi connectivity index (χ2v) is 5.59. The Morgan fingerprint density at radius 1 is 1.43 bits per heavy atom. The standard InChI is InChI=1S/C13H19F3N4O/c1-8-11(12(21)17-9(2)13(14,15)16)18-19-20(8)7-10-5-3-4-6-10/h9-10H,3-7H2,1-2H3,(H,17,21)/t9-/m0/s1. The van der Waals surface area contributed by atoms with E-state index in [4.69, 9.17) is 0 Å². The number of rotatable bonds is 4. The summed E-state index contributed by atoms with van der Waals surface area (Å²) in [5.74, 6) is -0.328. The van der Waals surface area contributed by atoms with Gasteiger partial charge in [0, 0.05) is 6.54 Å². The molecule has 0 unspecified atom stereocenters. The fraction of sp³-hybridized carbons (Fsp3) is 0.769. The summed E-state index contributed by atoms with van der Waals surface area (Å²) in [5.41, 5.74) is 0.470. The lowest BCUT2D eigenvalue weighted by molar-refractivity contribution is -0.149. The largest absolute Gasteiger partial charge is 0.408 e. The van der Waals surface area contributed by atoms with Crippen molar-refractivity contribution in [2.75, 3.05) is 0 Å². The van der Waals surface area contributed by atoms with Crippen LogP contribution in [0.2, 0.25) is 0 Å². The number of alkyl halides is 3. The molecule has 1 amide bonds. The maximum atomic E-state index is 12.4. The van der Waals surface area contributed by atoms with Crippen molar-refractivity contribution < 1.29 is 18.0 Å². The van der Waals surface area contributed by atoms with E-state index in [2.05, 4.69) is 10.3 Å². The molecule has 0 bridgehead atoms. The molecule has 0 spiro atoms. The third-order valence-electron chi connectivity index (χ3n) is 3.94. The van der Waals surface area contributed by atoms with Gasteiger partial charge in [-0.25, -0.2) is 4.68 Å². The van der Waals surface area contributed by atoms with Gasteiger partial charge in [0.2, 0.25) is 0 Å². The predicted octanol–water partition coefficient (Wildman–Crippen LogP) is 2.46. The van der Waals surface area contributed by atoms with Crippen molar-refractivity contribution >= 4 is 5.91 Å². The minimum absolute atomic E-state index is 0.0379. The molecule has 21 heavy (non-hydrogen) atoms. The third-order valence-corrected chi connectivity index (χ3v) is 3.94. The zero-order chi connectivity index (χ0) is 15.6. The summed E-state index contributed by atoms with van der Waals surface area (Å²) >= 11 is 0. The van der Waals surface area contributed by atoms with E-state index in [1.54, 1.807) is 11.6 Å². The number of halogens is 3. The Balaban J connectivity index is 2.03. The van der Waals surface area contributed by atoms with Crippen LogP contribution in [0.15, 0.2) is 0 Å². The number of hydrogen-bond donors (Lipinski definition) is 1. The minimum Gasteiger partial charge on any atom is -0.339 e. The van der Waals surface area contributed by atoms with Gasteiger partial charge in [0.1, 0.15) is 6.04 Å². The number of aromatic nitrogens is 3. The third kappa shape index (κ3) is 3.74. The molecule has 1 atom stereocenters. The van der Waals surface area contributed by atoms with E-state index in [0.717, 1.165) is 19.8 Å². The highest BCUT2D eigenvalue weighted by Crippen LogP contribution is 2.26. The van der Waals surface area contributed by atoms with Gasteiger partial charge in [-0.3, -0.25) is 4.79 Å². The maximum absolute atomic E-state index is 12.4. The maximum Gasteiger partial charge on any atom is 0.408 e. The van der Waals surface area contributed by atoms with Crippen LogP contribution < -0.4 is 5.32 Å². The summed E-state index contributed by atoms with van der Waals surface area (Å²) in [6, 6.07) is -1.91. The molecule has 0 aromatic carbocycles. The lowest BCUT2D eigenvalue weighted by Crippen LogP contribution is -2.43. The van der Waals surface area contributed by atoms with Crippen LogP contribution in [-0.4, -0.2) is 33.1 Å². The van der Waals surface area contributed by atoms with Crippen molar-refractivity contribution in [2.24, 2.45) is 5.92 Å². The first-order valence-corrected chi connectivity index (χ1v) is 7.06. The Hall–Kier alpha value is -1.60. The van der Waals surface area contributed by atoms with E-state index in [9.17, 15) is 18.0 Å². The number of carbonyl (C=O) groups is 1. The second kappa shape index (κ2) is 6.03. The molecule has 0 aliphatic heterocycles. The lowest BCUT2D eigenvalue weighted by Gasteiger charge is -2.16. The smallest absolute Gasteiger partial charge is 0.339 e. The molecular weight excluding hydrogens is 285 g/mol. The van der Waals surface area contributed by atoms with Gasteiger partial charge in [-0.2, -0.15) is 13.2 Å². The van der Waals surface area contributed by atoms with Crippen LogP contribution in [0.3, 0.4) is 0 Å². The molecule has 5 nitrogen and oxygen atoms in total. The molecule has 1 aromatic heterocycles. The SMILES string of the molecule is Cc1c(C(=O)N[C@@H](C)C(F)(F)F)nnn1CC1CCCC1. The van der Waals surface area contributed by atoms with Crippen LogP contribution in [-0.2, 0) is 6.54 Å². The van der Waals surface area contributed by atoms with Crippen LogP contribution in [0, 0.1) is 12.8 Å². The highest BCUT2D eigenvalue weighted by molar-refractivity contribution is 5.93. The molecule has 118 valence electrons. The minimum atomic E-state index is -4.47. The van der Waals surface area contributed by atoms with Crippen LogP contribution in [0.1, 0.15) is 48.8 Å². The highest BCUT2D eigenvalue weighted by atomic mass is 19.4. The second-order valence-electron chi connectivity index (χ2n) is 5.59. The van der Waals surface area contributed by atoms with Crippen LogP contribution >= 0.6 is 0 Å². The van der Waals surface area contributed by atoms with E-state index in [1.807, 2.05) is 5.32 Å². The van der Waals surface area contributed by atoms with E-state index in [-0.39, 0.29) is 5.69 Å². The van der Waals surface area contributed by atoms with Gasteiger partial charge in [-0.05, 0) is 32.6 Å². The predicted molar refractivity (Wildman–Crippen MR) is 69.7 cm³/mol. The molecule has 1 heterocycles. The molecular formula is C13H19F3N4O. The Bertz CT molecular complexity index is 506. The quantitative estimate of drug-likeness (QED) is 0.929. The van der Waals surface area contributed by atoms with Gasteiger partial charge in [0.15, 0.2) is 5.69 Å². The summed E-state index contributed by atoms with van der Waals surface area (Å²) in [6.45, 7) is 3.22. The normalized spacial score (nSPS) is 18.0. The van der Waals surface area contributed by atoms with E-state index in [1.165, 1.54) is 12.8 Å². The van der Waals surface area contributed by atoms with Crippen molar-refractivity contribution in [1.29, 1.82) is 0 Å². The van der Waals surface area contributed by atoms with E-state index in [0.29, 0.717) is 18.2 Å². The first kappa shape index (κ1) is 15.8. The van der Waals surface area contributed by atoms with Gasteiger partial charge in [0.25, 0.3) is 5.91 Å². The van der Waals surface area contributed by atoms with Crippen molar-refractivity contribution in [1.82, 2.24) is 20.3 Å². The summed E-state index contributed by atoms with van der Waals surface area (Å²) in [5, 5.41) is 9.52. The van der Waals surface area contributed by atoms with Crippen LogP contribution in [0.25, 0.3) is 0 Å². The first-order valence-electron chi connectivity index (χ1n) is 7.06. The van der Waals surface area contributed by atoms with E-state index < -0.39 is 18.1 Å². The summed E-state index contributed by atoms with van der Waals surface area (Å²) in [7, 11) is 0. The zero-order valence-corrected chi connectivity index (χ0v) is 12.1. The number of nitrogens with zero attached hydrogens (tertiary/aromatic N) is 3. The molecule has 1 aliphatic rings. The average molecular weight is 304 g/mol. The molecule has 8 heteroatoms. The number of amides is 1. The van der Waals surface area contributed by atoms with Gasteiger partial charge in [-0.1, -0.05) is 18.1 Å². The average Bonchev–Trinajstić information content (AvgIpc) is 3.00. The Labute approximate surface area is 120 Å². The van der Waals surface area contributed by atoms with Gasteiger partial charge in [-0.15, -0.1) is 5.10 Å². The molecule has 1 saturated carbocycles. The lowest BCUT2D eigenvalue weighted by atomic mass is 10.1. The molecule has 2 rings (SSSR count). The topological polar surface area (TPSA) is 59.8 Å². The monoisotopic (exact) mass is 304 g/mol. The van der Waals surface area contributed by atoms with Crippen LogP contribution in [0.5, 0.6) is 0 Å². The summed E-state index contributed by atoms with van der Waals surface area (Å²) in [4.78, 5) is 11.8. The molecule has 1 fully saturated rings. The summed E-state index contributed by atoms with van der Waals surface area (Å²) < 4.78 is 39.0. The molecule has 1 aromatic rings. The van der Waals surface area contributed by atoms with Crippen molar-refractivity contribution in [3.8, 4) is 0 Å². The fourth-order valence-electron chi connectivity index (χ4n) is 2.53. The fourth-order valence-corrected chi connectivity index (χ4v) is 2.53. The summed E-state index contributed by atoms with van der Waals surface area (Å²) in [6.07, 6.45) is 0.144.